The lowest BCUT2D eigenvalue weighted by molar-refractivity contribution is -0.157. The molecule has 0 bridgehead atoms. The van der Waals surface area contributed by atoms with Crippen molar-refractivity contribution < 1.29 is 19.1 Å². The minimum Gasteiger partial charge on any atom is -0.459 e. The van der Waals surface area contributed by atoms with Crippen LogP contribution in [0.2, 0.25) is 0 Å². The molecule has 2 aliphatic rings. The van der Waals surface area contributed by atoms with Gasteiger partial charge in [-0.15, -0.1) is 0 Å². The van der Waals surface area contributed by atoms with E-state index in [0.29, 0.717) is 13.0 Å². The summed E-state index contributed by atoms with van der Waals surface area (Å²) < 4.78 is 11.0. The number of carbonyl (C=O) groups excluding carboxylic acids is 2. The number of ether oxygens (including phenoxy) is 2. The molecule has 5 nitrogen and oxygen atoms in total. The monoisotopic (exact) mass is 331 g/mol. The fraction of sp³-hybridized carbons (Fsp3) is 0.579. The SMILES string of the molecule is CC(C)(C)OC(=O)C1CC(NC(=O)C2CCCO2)c2ccccc21. The lowest BCUT2D eigenvalue weighted by atomic mass is 10.0. The Morgan fingerprint density at radius 1 is 1.21 bits per heavy atom. The van der Waals surface area contributed by atoms with Gasteiger partial charge in [0, 0.05) is 6.61 Å². The van der Waals surface area contributed by atoms with E-state index in [1.54, 1.807) is 0 Å². The van der Waals surface area contributed by atoms with Gasteiger partial charge < -0.3 is 14.8 Å². The fourth-order valence-corrected chi connectivity index (χ4v) is 3.42. The molecule has 3 rings (SSSR count). The van der Waals surface area contributed by atoms with E-state index in [9.17, 15) is 9.59 Å². The smallest absolute Gasteiger partial charge is 0.314 e. The molecule has 1 N–H and O–H groups in total. The molecule has 3 atom stereocenters. The average Bonchev–Trinajstić information content (AvgIpc) is 3.14. The number of hydrogen-bond acceptors (Lipinski definition) is 4. The quantitative estimate of drug-likeness (QED) is 0.865. The van der Waals surface area contributed by atoms with E-state index in [-0.39, 0.29) is 29.9 Å². The van der Waals surface area contributed by atoms with Crippen molar-refractivity contribution >= 4 is 11.9 Å². The van der Waals surface area contributed by atoms with Crippen LogP contribution in [0.1, 0.15) is 63.1 Å². The van der Waals surface area contributed by atoms with Crippen LogP contribution in [0.25, 0.3) is 0 Å². The zero-order valence-corrected chi connectivity index (χ0v) is 14.5. The van der Waals surface area contributed by atoms with Gasteiger partial charge in [0.05, 0.1) is 12.0 Å². The summed E-state index contributed by atoms with van der Waals surface area (Å²) in [5.74, 6) is -0.656. The van der Waals surface area contributed by atoms with Gasteiger partial charge in [-0.1, -0.05) is 24.3 Å². The predicted octanol–water partition coefficient (Wildman–Crippen LogP) is 2.85. The summed E-state index contributed by atoms with van der Waals surface area (Å²) in [5.41, 5.74) is 1.43. The van der Waals surface area contributed by atoms with Gasteiger partial charge in [0.1, 0.15) is 11.7 Å². The standard InChI is InChI=1S/C19H25NO4/c1-19(2,3)24-18(22)14-11-15(13-8-5-4-7-12(13)14)20-17(21)16-9-6-10-23-16/h4-5,7-8,14-16H,6,9-11H2,1-3H3,(H,20,21). The highest BCUT2D eigenvalue weighted by molar-refractivity contribution is 5.83. The van der Waals surface area contributed by atoms with Gasteiger partial charge in [-0.25, -0.2) is 0 Å². The first-order valence-corrected chi connectivity index (χ1v) is 8.59. The van der Waals surface area contributed by atoms with Crippen LogP contribution in [0.5, 0.6) is 0 Å². The Labute approximate surface area is 142 Å². The molecule has 1 aliphatic carbocycles. The normalized spacial score (nSPS) is 26.0. The molecule has 1 fully saturated rings. The molecule has 3 unspecified atom stereocenters. The highest BCUT2D eigenvalue weighted by atomic mass is 16.6. The van der Waals surface area contributed by atoms with E-state index >= 15 is 0 Å². The molecular formula is C19H25NO4. The van der Waals surface area contributed by atoms with Gasteiger partial charge in [0.2, 0.25) is 5.91 Å². The van der Waals surface area contributed by atoms with Crippen LogP contribution in [0.15, 0.2) is 24.3 Å². The van der Waals surface area contributed by atoms with Gasteiger partial charge in [-0.2, -0.15) is 0 Å². The molecule has 0 aromatic heterocycles. The van der Waals surface area contributed by atoms with Crippen molar-refractivity contribution in [1.29, 1.82) is 0 Å². The Hall–Kier alpha value is -1.88. The van der Waals surface area contributed by atoms with Crippen LogP contribution in [0, 0.1) is 0 Å². The Kier molecular flexibility index (Phi) is 4.63. The molecule has 1 heterocycles. The molecule has 0 saturated carbocycles. The summed E-state index contributed by atoms with van der Waals surface area (Å²) in [4.78, 5) is 24.9. The van der Waals surface area contributed by atoms with Crippen molar-refractivity contribution in [3.63, 3.8) is 0 Å². The Morgan fingerprint density at radius 2 is 1.92 bits per heavy atom. The number of amides is 1. The van der Waals surface area contributed by atoms with Crippen LogP contribution >= 0.6 is 0 Å². The maximum atomic E-state index is 12.6. The maximum Gasteiger partial charge on any atom is 0.314 e. The lowest BCUT2D eigenvalue weighted by Gasteiger charge is -2.22. The Bertz CT molecular complexity index is 628. The second-order valence-corrected chi connectivity index (χ2v) is 7.51. The van der Waals surface area contributed by atoms with Crippen LogP contribution in [0.3, 0.4) is 0 Å². The number of rotatable bonds is 3. The highest BCUT2D eigenvalue weighted by Crippen LogP contribution is 2.41. The second kappa shape index (κ2) is 6.55. The molecule has 130 valence electrons. The topological polar surface area (TPSA) is 64.6 Å². The van der Waals surface area contributed by atoms with Crippen molar-refractivity contribution in [2.45, 2.75) is 63.7 Å². The van der Waals surface area contributed by atoms with Gasteiger partial charge in [-0.05, 0) is 51.2 Å². The van der Waals surface area contributed by atoms with Crippen molar-refractivity contribution in [3.8, 4) is 0 Å². The summed E-state index contributed by atoms with van der Waals surface area (Å²) >= 11 is 0. The predicted molar refractivity (Wildman–Crippen MR) is 89.5 cm³/mol. The zero-order valence-electron chi connectivity index (χ0n) is 14.5. The number of carbonyl (C=O) groups is 2. The molecule has 24 heavy (non-hydrogen) atoms. The number of fused-ring (bicyclic) bond motifs is 1. The van der Waals surface area contributed by atoms with E-state index in [0.717, 1.165) is 24.0 Å². The zero-order chi connectivity index (χ0) is 17.3. The number of esters is 1. The minimum absolute atomic E-state index is 0.0860. The number of nitrogens with one attached hydrogen (secondary N) is 1. The average molecular weight is 331 g/mol. The molecule has 5 heteroatoms. The van der Waals surface area contributed by atoms with Crippen LogP contribution < -0.4 is 5.32 Å². The van der Waals surface area contributed by atoms with Gasteiger partial charge in [0.15, 0.2) is 0 Å². The van der Waals surface area contributed by atoms with Gasteiger partial charge >= 0.3 is 5.97 Å². The third-order valence-electron chi connectivity index (χ3n) is 4.45. The summed E-state index contributed by atoms with van der Waals surface area (Å²) in [6.07, 6.45) is 1.85. The Balaban J connectivity index is 1.76. The van der Waals surface area contributed by atoms with E-state index in [2.05, 4.69) is 5.32 Å². The van der Waals surface area contributed by atoms with Crippen molar-refractivity contribution in [2.24, 2.45) is 0 Å². The largest absolute Gasteiger partial charge is 0.459 e. The molecule has 0 spiro atoms. The first-order chi connectivity index (χ1) is 11.3. The van der Waals surface area contributed by atoms with E-state index < -0.39 is 5.60 Å². The summed E-state index contributed by atoms with van der Waals surface area (Å²) in [7, 11) is 0. The van der Waals surface area contributed by atoms with Crippen molar-refractivity contribution in [2.75, 3.05) is 6.61 Å². The number of benzene rings is 1. The molecule has 1 saturated heterocycles. The van der Waals surface area contributed by atoms with E-state index in [1.165, 1.54) is 0 Å². The first kappa shape index (κ1) is 17.0. The van der Waals surface area contributed by atoms with Crippen LogP contribution in [-0.2, 0) is 19.1 Å². The maximum absolute atomic E-state index is 12.6. The lowest BCUT2D eigenvalue weighted by Crippen LogP contribution is -2.36. The molecule has 1 aliphatic heterocycles. The molecule has 1 aromatic rings. The van der Waals surface area contributed by atoms with Gasteiger partial charge in [-0.3, -0.25) is 9.59 Å². The summed E-state index contributed by atoms with van der Waals surface area (Å²) in [5, 5.41) is 3.05. The fourth-order valence-electron chi connectivity index (χ4n) is 3.42. The molecule has 1 amide bonds. The van der Waals surface area contributed by atoms with E-state index in [4.69, 9.17) is 9.47 Å². The van der Waals surface area contributed by atoms with Gasteiger partial charge in [0.25, 0.3) is 0 Å². The third kappa shape index (κ3) is 3.61. The van der Waals surface area contributed by atoms with Crippen LogP contribution in [0.4, 0.5) is 0 Å². The third-order valence-corrected chi connectivity index (χ3v) is 4.45. The summed E-state index contributed by atoms with van der Waals surface area (Å²) in [6, 6.07) is 7.60. The van der Waals surface area contributed by atoms with E-state index in [1.807, 2.05) is 45.0 Å². The van der Waals surface area contributed by atoms with Crippen molar-refractivity contribution in [3.05, 3.63) is 35.4 Å². The first-order valence-electron chi connectivity index (χ1n) is 8.59. The second-order valence-electron chi connectivity index (χ2n) is 7.51. The summed E-state index contributed by atoms with van der Waals surface area (Å²) in [6.45, 7) is 6.23. The molecular weight excluding hydrogens is 306 g/mol. The molecule has 1 aromatic carbocycles. The Morgan fingerprint density at radius 3 is 2.54 bits per heavy atom. The van der Waals surface area contributed by atoms with Crippen LogP contribution in [-0.4, -0.2) is 30.2 Å². The molecule has 0 radical (unpaired) electrons. The highest BCUT2D eigenvalue weighted by Gasteiger charge is 2.39. The minimum atomic E-state index is -0.523. The number of hydrogen-bond donors (Lipinski definition) is 1. The van der Waals surface area contributed by atoms with Crippen molar-refractivity contribution in [1.82, 2.24) is 5.32 Å².